The quantitative estimate of drug-likeness (QED) is 0.869. The van der Waals surface area contributed by atoms with E-state index in [2.05, 4.69) is 10.3 Å². The predicted octanol–water partition coefficient (Wildman–Crippen LogP) is 2.74. The van der Waals surface area contributed by atoms with Gasteiger partial charge in [-0.1, -0.05) is 11.6 Å². The largest absolute Gasteiger partial charge is 0.495 e. The van der Waals surface area contributed by atoms with Gasteiger partial charge in [-0.15, -0.1) is 0 Å². The minimum atomic E-state index is -0.478. The standard InChI is InChI=1S/C18H18ClN3O4/c1-25-15-5-3-12(19)8-14(15)22-10-11(7-17(22)23)18(24)21-13-4-6-16(26-2)20-9-13/h3-6,8-9,11H,7,10H2,1-2H3,(H,21,24)/t11-/m0/s1. The summed E-state index contributed by atoms with van der Waals surface area (Å²) in [6.07, 6.45) is 1.62. The number of hydrogen-bond acceptors (Lipinski definition) is 5. The summed E-state index contributed by atoms with van der Waals surface area (Å²) < 4.78 is 10.3. The number of aromatic nitrogens is 1. The highest BCUT2D eigenvalue weighted by atomic mass is 35.5. The summed E-state index contributed by atoms with van der Waals surface area (Å²) in [4.78, 5) is 30.5. The zero-order valence-electron chi connectivity index (χ0n) is 14.4. The molecule has 0 radical (unpaired) electrons. The molecule has 0 saturated carbocycles. The zero-order valence-corrected chi connectivity index (χ0v) is 15.1. The summed E-state index contributed by atoms with van der Waals surface area (Å²) in [6, 6.07) is 8.38. The molecule has 2 heterocycles. The van der Waals surface area contributed by atoms with Crippen molar-refractivity contribution >= 4 is 34.8 Å². The summed E-state index contributed by atoms with van der Waals surface area (Å²) in [5.41, 5.74) is 1.11. The predicted molar refractivity (Wildman–Crippen MR) is 97.9 cm³/mol. The van der Waals surface area contributed by atoms with Gasteiger partial charge in [-0.3, -0.25) is 9.59 Å². The second-order valence-electron chi connectivity index (χ2n) is 5.80. The van der Waals surface area contributed by atoms with E-state index in [0.717, 1.165) is 0 Å². The molecule has 1 atom stereocenters. The molecule has 3 rings (SSSR count). The molecule has 26 heavy (non-hydrogen) atoms. The third-order valence-electron chi connectivity index (χ3n) is 4.14. The highest BCUT2D eigenvalue weighted by molar-refractivity contribution is 6.31. The van der Waals surface area contributed by atoms with Gasteiger partial charge in [0.2, 0.25) is 17.7 Å². The number of nitrogens with one attached hydrogen (secondary N) is 1. The maximum atomic E-state index is 12.5. The van der Waals surface area contributed by atoms with Crippen LogP contribution >= 0.6 is 11.6 Å². The van der Waals surface area contributed by atoms with E-state index in [1.807, 2.05) is 0 Å². The molecule has 1 N–H and O–H groups in total. The Labute approximate surface area is 155 Å². The zero-order chi connectivity index (χ0) is 18.7. The molecule has 1 aliphatic heterocycles. The van der Waals surface area contributed by atoms with Crippen molar-refractivity contribution in [1.82, 2.24) is 4.98 Å². The number of hydrogen-bond donors (Lipinski definition) is 1. The molecular weight excluding hydrogens is 358 g/mol. The van der Waals surface area contributed by atoms with Crippen LogP contribution in [0.15, 0.2) is 36.5 Å². The van der Waals surface area contributed by atoms with Gasteiger partial charge < -0.3 is 19.7 Å². The van der Waals surface area contributed by atoms with Crippen LogP contribution in [0.5, 0.6) is 11.6 Å². The number of nitrogens with zero attached hydrogens (tertiary/aromatic N) is 2. The fraction of sp³-hybridized carbons (Fsp3) is 0.278. The number of carbonyl (C=O) groups excluding carboxylic acids is 2. The fourth-order valence-corrected chi connectivity index (χ4v) is 2.98. The van der Waals surface area contributed by atoms with Gasteiger partial charge in [0, 0.05) is 24.1 Å². The molecule has 1 fully saturated rings. The monoisotopic (exact) mass is 375 g/mol. The summed E-state index contributed by atoms with van der Waals surface area (Å²) in [5.74, 6) is 0.113. The first-order chi connectivity index (χ1) is 12.5. The number of benzene rings is 1. The van der Waals surface area contributed by atoms with E-state index in [9.17, 15) is 9.59 Å². The number of halogens is 1. The van der Waals surface area contributed by atoms with Crippen LogP contribution in [0.1, 0.15) is 6.42 Å². The Morgan fingerprint density at radius 2 is 2.08 bits per heavy atom. The van der Waals surface area contributed by atoms with E-state index in [4.69, 9.17) is 21.1 Å². The maximum Gasteiger partial charge on any atom is 0.229 e. The molecular formula is C18H18ClN3O4. The molecule has 0 bridgehead atoms. The van der Waals surface area contributed by atoms with Crippen LogP contribution in [0.25, 0.3) is 0 Å². The lowest BCUT2D eigenvalue weighted by Gasteiger charge is -2.19. The number of carbonyl (C=O) groups is 2. The van der Waals surface area contributed by atoms with E-state index in [1.165, 1.54) is 25.3 Å². The van der Waals surface area contributed by atoms with Gasteiger partial charge in [0.05, 0.1) is 37.7 Å². The van der Waals surface area contributed by atoms with Crippen molar-refractivity contribution in [1.29, 1.82) is 0 Å². The highest BCUT2D eigenvalue weighted by Crippen LogP contribution is 2.35. The number of pyridine rings is 1. The fourth-order valence-electron chi connectivity index (χ4n) is 2.81. The van der Waals surface area contributed by atoms with Crippen LogP contribution in [0.2, 0.25) is 5.02 Å². The SMILES string of the molecule is COc1ccc(NC(=O)[C@H]2CC(=O)N(c3cc(Cl)ccc3OC)C2)cn1. The van der Waals surface area contributed by atoms with E-state index in [1.54, 1.807) is 30.3 Å². The molecule has 1 aromatic heterocycles. The third kappa shape index (κ3) is 3.72. The molecule has 8 heteroatoms. The lowest BCUT2D eigenvalue weighted by Crippen LogP contribution is -2.28. The Kier molecular flexibility index (Phi) is 5.27. The van der Waals surface area contributed by atoms with E-state index >= 15 is 0 Å². The van der Waals surface area contributed by atoms with Gasteiger partial charge in [-0.2, -0.15) is 0 Å². The second kappa shape index (κ2) is 7.61. The molecule has 136 valence electrons. The van der Waals surface area contributed by atoms with E-state index in [-0.39, 0.29) is 24.8 Å². The van der Waals surface area contributed by atoms with Crippen LogP contribution in [0.4, 0.5) is 11.4 Å². The van der Waals surface area contributed by atoms with Crippen molar-refractivity contribution in [2.45, 2.75) is 6.42 Å². The van der Waals surface area contributed by atoms with Crippen molar-refractivity contribution in [2.24, 2.45) is 5.92 Å². The molecule has 0 spiro atoms. The Balaban J connectivity index is 1.72. The number of amides is 2. The lowest BCUT2D eigenvalue weighted by atomic mass is 10.1. The lowest BCUT2D eigenvalue weighted by molar-refractivity contribution is -0.122. The smallest absolute Gasteiger partial charge is 0.229 e. The van der Waals surface area contributed by atoms with Gasteiger partial charge in [-0.25, -0.2) is 4.98 Å². The molecule has 0 unspecified atom stereocenters. The summed E-state index contributed by atoms with van der Waals surface area (Å²) in [7, 11) is 3.04. The van der Waals surface area contributed by atoms with Gasteiger partial charge >= 0.3 is 0 Å². The summed E-state index contributed by atoms with van der Waals surface area (Å²) >= 11 is 6.04. The van der Waals surface area contributed by atoms with Gasteiger partial charge in [0.25, 0.3) is 0 Å². The van der Waals surface area contributed by atoms with Crippen LogP contribution < -0.4 is 19.7 Å². The van der Waals surface area contributed by atoms with Crippen LogP contribution in [-0.4, -0.2) is 37.6 Å². The summed E-state index contributed by atoms with van der Waals surface area (Å²) in [5, 5.41) is 3.27. The molecule has 7 nitrogen and oxygen atoms in total. The Morgan fingerprint density at radius 1 is 1.27 bits per heavy atom. The average Bonchev–Trinajstić information content (AvgIpc) is 3.04. The molecule has 1 aliphatic rings. The van der Waals surface area contributed by atoms with Gasteiger partial charge in [0.1, 0.15) is 5.75 Å². The molecule has 2 amide bonds. The third-order valence-corrected chi connectivity index (χ3v) is 4.38. The normalized spacial score (nSPS) is 16.5. The van der Waals surface area contributed by atoms with Gasteiger partial charge in [0.15, 0.2) is 0 Å². The Hall–Kier alpha value is -2.80. The first-order valence-corrected chi connectivity index (χ1v) is 8.34. The van der Waals surface area contributed by atoms with Crippen molar-refractivity contribution in [3.8, 4) is 11.6 Å². The first-order valence-electron chi connectivity index (χ1n) is 7.96. The van der Waals surface area contributed by atoms with Gasteiger partial charge in [-0.05, 0) is 24.3 Å². The van der Waals surface area contributed by atoms with Crippen molar-refractivity contribution < 1.29 is 19.1 Å². The van der Waals surface area contributed by atoms with Crippen LogP contribution in [0, 0.1) is 5.92 Å². The van der Waals surface area contributed by atoms with Crippen LogP contribution in [0.3, 0.4) is 0 Å². The average molecular weight is 376 g/mol. The number of rotatable bonds is 5. The second-order valence-corrected chi connectivity index (χ2v) is 6.24. The van der Waals surface area contributed by atoms with Crippen molar-refractivity contribution in [2.75, 3.05) is 31.0 Å². The molecule has 1 saturated heterocycles. The Morgan fingerprint density at radius 3 is 2.73 bits per heavy atom. The molecule has 1 aromatic carbocycles. The topological polar surface area (TPSA) is 80.8 Å². The summed E-state index contributed by atoms with van der Waals surface area (Å²) in [6.45, 7) is 0.255. The van der Waals surface area contributed by atoms with E-state index < -0.39 is 5.92 Å². The Bertz CT molecular complexity index is 826. The van der Waals surface area contributed by atoms with Crippen LogP contribution in [-0.2, 0) is 9.59 Å². The minimum absolute atomic E-state index is 0.116. The first kappa shape index (κ1) is 18.0. The number of anilines is 2. The van der Waals surface area contributed by atoms with E-state index in [0.29, 0.717) is 28.0 Å². The maximum absolute atomic E-state index is 12.5. The van der Waals surface area contributed by atoms with Crippen molar-refractivity contribution in [3.63, 3.8) is 0 Å². The molecule has 0 aliphatic carbocycles. The minimum Gasteiger partial charge on any atom is -0.495 e. The van der Waals surface area contributed by atoms with Crippen molar-refractivity contribution in [3.05, 3.63) is 41.6 Å². The highest BCUT2D eigenvalue weighted by Gasteiger charge is 2.36. The molecule has 2 aromatic rings. The number of methoxy groups -OCH3 is 2. The number of ether oxygens (including phenoxy) is 2.